The van der Waals surface area contributed by atoms with Crippen LogP contribution in [0, 0.1) is 0 Å². The Hall–Kier alpha value is -6.33. The highest BCUT2D eigenvalue weighted by Crippen LogP contribution is 2.41. The first-order valence-corrected chi connectivity index (χ1v) is 18.8. The summed E-state index contributed by atoms with van der Waals surface area (Å²) in [5, 5.41) is 11.2. The number of rotatable bonds is 8. The van der Waals surface area contributed by atoms with Crippen LogP contribution >= 0.6 is 11.3 Å². The van der Waals surface area contributed by atoms with E-state index in [2.05, 4.69) is 163 Å². The molecule has 0 amide bonds. The van der Waals surface area contributed by atoms with Crippen LogP contribution in [0.4, 0.5) is 0 Å². The number of nitrogens with one attached hydrogen (secondary N) is 1. The fraction of sp³-hybridized carbons (Fsp3) is 0.0408. The standard InChI is InChI=1S/C49H34N2OS/c1-4-11-32(12-5-1)30-50-49(38-22-25-42-45(29-38)52-44-18-10-17-39(47(42)44)35-15-8-3-9-16-35)51-31-33-19-26-46-43(27-33)41-24-21-37-28-36(34-13-6-2-7-14-34)20-23-40(37)48(41)53-46/h1-30,49,51H,31H2. The lowest BCUT2D eigenvalue weighted by Crippen LogP contribution is -2.19. The van der Waals surface area contributed by atoms with Crippen molar-refractivity contribution in [3.8, 4) is 22.3 Å². The summed E-state index contributed by atoms with van der Waals surface area (Å²) in [7, 11) is 0. The number of furan rings is 1. The normalized spacial score (nSPS) is 12.5. The molecule has 252 valence electrons. The van der Waals surface area contributed by atoms with Crippen LogP contribution in [0.1, 0.15) is 22.9 Å². The van der Waals surface area contributed by atoms with Crippen molar-refractivity contribution in [2.24, 2.45) is 4.99 Å². The van der Waals surface area contributed by atoms with Crippen LogP contribution in [0.2, 0.25) is 0 Å². The van der Waals surface area contributed by atoms with Crippen molar-refractivity contribution in [1.82, 2.24) is 5.32 Å². The molecule has 10 aromatic rings. The monoisotopic (exact) mass is 698 g/mol. The molecule has 10 rings (SSSR count). The smallest absolute Gasteiger partial charge is 0.136 e. The SMILES string of the molecule is C(=NC(NCc1ccc2sc3c4ccc(-c5ccccc5)cc4ccc3c2c1)c1ccc2c(c1)oc1cccc(-c3ccccc3)c12)c1ccccc1. The molecule has 0 radical (unpaired) electrons. The highest BCUT2D eigenvalue weighted by Gasteiger charge is 2.17. The zero-order chi connectivity index (χ0) is 35.1. The second-order valence-electron chi connectivity index (χ2n) is 13.6. The van der Waals surface area contributed by atoms with E-state index in [1.807, 2.05) is 35.8 Å². The van der Waals surface area contributed by atoms with Crippen LogP contribution in [0.15, 0.2) is 185 Å². The van der Waals surface area contributed by atoms with Crippen LogP contribution in [0.3, 0.4) is 0 Å². The number of benzene rings is 8. The van der Waals surface area contributed by atoms with E-state index in [4.69, 9.17) is 9.41 Å². The predicted octanol–water partition coefficient (Wildman–Crippen LogP) is 13.3. The molecule has 0 aliphatic carbocycles. The van der Waals surface area contributed by atoms with E-state index < -0.39 is 0 Å². The second-order valence-corrected chi connectivity index (χ2v) is 14.6. The molecule has 4 heteroatoms. The number of thiophene rings is 1. The molecule has 1 unspecified atom stereocenters. The molecule has 1 atom stereocenters. The van der Waals surface area contributed by atoms with E-state index in [1.165, 1.54) is 58.8 Å². The third kappa shape index (κ3) is 5.88. The molecule has 0 spiro atoms. The molecule has 0 saturated heterocycles. The van der Waals surface area contributed by atoms with Crippen LogP contribution < -0.4 is 5.32 Å². The zero-order valence-corrected chi connectivity index (χ0v) is 29.7. The maximum atomic E-state index is 6.49. The van der Waals surface area contributed by atoms with Crippen molar-refractivity contribution in [3.05, 3.63) is 193 Å². The molecule has 0 bridgehead atoms. The minimum Gasteiger partial charge on any atom is -0.456 e. The lowest BCUT2D eigenvalue weighted by atomic mass is 9.99. The Morgan fingerprint density at radius 2 is 1.32 bits per heavy atom. The first-order valence-electron chi connectivity index (χ1n) is 18.0. The van der Waals surface area contributed by atoms with E-state index in [1.54, 1.807) is 0 Å². The van der Waals surface area contributed by atoms with Gasteiger partial charge >= 0.3 is 0 Å². The Balaban J connectivity index is 0.988. The van der Waals surface area contributed by atoms with E-state index >= 15 is 0 Å². The number of fused-ring (bicyclic) bond motifs is 8. The molecule has 1 N–H and O–H groups in total. The minimum absolute atomic E-state index is 0.279. The van der Waals surface area contributed by atoms with Crippen LogP contribution in [-0.2, 0) is 6.54 Å². The molecule has 0 aliphatic rings. The van der Waals surface area contributed by atoms with Gasteiger partial charge in [0.25, 0.3) is 0 Å². The summed E-state index contributed by atoms with van der Waals surface area (Å²) < 4.78 is 9.13. The number of hydrogen-bond acceptors (Lipinski definition) is 4. The highest BCUT2D eigenvalue weighted by molar-refractivity contribution is 7.26. The average molecular weight is 699 g/mol. The van der Waals surface area contributed by atoms with E-state index in [-0.39, 0.29) is 6.17 Å². The summed E-state index contributed by atoms with van der Waals surface area (Å²) >= 11 is 1.88. The van der Waals surface area contributed by atoms with Crippen LogP contribution in [0.25, 0.3) is 75.1 Å². The number of hydrogen-bond donors (Lipinski definition) is 1. The Kier molecular flexibility index (Phi) is 7.90. The summed E-state index contributed by atoms with van der Waals surface area (Å²) in [6.45, 7) is 0.661. The van der Waals surface area contributed by atoms with Gasteiger partial charge < -0.3 is 4.42 Å². The number of nitrogens with zero attached hydrogens (tertiary/aromatic N) is 1. The van der Waals surface area contributed by atoms with Gasteiger partial charge in [-0.3, -0.25) is 10.3 Å². The maximum Gasteiger partial charge on any atom is 0.136 e. The van der Waals surface area contributed by atoms with Gasteiger partial charge in [-0.2, -0.15) is 0 Å². The molecule has 0 aliphatic heterocycles. The van der Waals surface area contributed by atoms with Crippen molar-refractivity contribution in [2.75, 3.05) is 0 Å². The van der Waals surface area contributed by atoms with Crippen molar-refractivity contribution in [1.29, 1.82) is 0 Å². The molecule has 53 heavy (non-hydrogen) atoms. The quantitative estimate of drug-likeness (QED) is 0.160. The van der Waals surface area contributed by atoms with Crippen molar-refractivity contribution in [3.63, 3.8) is 0 Å². The summed E-state index contributed by atoms with van der Waals surface area (Å²) in [5.41, 5.74) is 9.91. The minimum atomic E-state index is -0.279. The van der Waals surface area contributed by atoms with E-state index in [0.29, 0.717) is 6.54 Å². The second kappa shape index (κ2) is 13.3. The molecular formula is C49H34N2OS. The highest BCUT2D eigenvalue weighted by atomic mass is 32.1. The third-order valence-corrected chi connectivity index (χ3v) is 11.4. The fourth-order valence-corrected chi connectivity index (χ4v) is 8.79. The molecule has 3 nitrogen and oxygen atoms in total. The van der Waals surface area contributed by atoms with Gasteiger partial charge in [-0.05, 0) is 80.0 Å². The first kappa shape index (κ1) is 31.4. The van der Waals surface area contributed by atoms with Gasteiger partial charge in [-0.15, -0.1) is 11.3 Å². The summed E-state index contributed by atoms with van der Waals surface area (Å²) in [6, 6.07) is 62.5. The van der Waals surface area contributed by atoms with Crippen molar-refractivity contribution >= 4 is 70.4 Å². The zero-order valence-electron chi connectivity index (χ0n) is 28.9. The van der Waals surface area contributed by atoms with Gasteiger partial charge in [0.15, 0.2) is 0 Å². The van der Waals surface area contributed by atoms with Gasteiger partial charge in [0.05, 0.1) is 0 Å². The van der Waals surface area contributed by atoms with Gasteiger partial charge in [0.2, 0.25) is 0 Å². The Morgan fingerprint density at radius 1 is 0.566 bits per heavy atom. The summed E-state index contributed by atoms with van der Waals surface area (Å²) in [6.07, 6.45) is 1.68. The van der Waals surface area contributed by atoms with Crippen LogP contribution in [0.5, 0.6) is 0 Å². The summed E-state index contributed by atoms with van der Waals surface area (Å²) in [4.78, 5) is 5.09. The molecular weight excluding hydrogens is 665 g/mol. The van der Waals surface area contributed by atoms with Gasteiger partial charge in [-0.1, -0.05) is 146 Å². The van der Waals surface area contributed by atoms with Crippen molar-refractivity contribution in [2.45, 2.75) is 12.7 Å². The van der Waals surface area contributed by atoms with E-state index in [9.17, 15) is 0 Å². The first-order chi connectivity index (χ1) is 26.2. The Bertz CT molecular complexity index is 2940. The van der Waals surface area contributed by atoms with Gasteiger partial charge in [0, 0.05) is 43.7 Å². The van der Waals surface area contributed by atoms with Crippen molar-refractivity contribution < 1.29 is 4.42 Å². The van der Waals surface area contributed by atoms with Gasteiger partial charge in [0.1, 0.15) is 17.3 Å². The van der Waals surface area contributed by atoms with Crippen LogP contribution in [-0.4, -0.2) is 6.21 Å². The number of aliphatic imine (C=N–C) groups is 1. The average Bonchev–Trinajstić information content (AvgIpc) is 3.79. The predicted molar refractivity (Wildman–Crippen MR) is 225 cm³/mol. The Labute approximate surface area is 311 Å². The van der Waals surface area contributed by atoms with Gasteiger partial charge in [-0.25, -0.2) is 0 Å². The molecule has 8 aromatic carbocycles. The fourth-order valence-electron chi connectivity index (χ4n) is 7.57. The molecule has 0 saturated carbocycles. The lowest BCUT2D eigenvalue weighted by molar-refractivity contribution is 0.556. The third-order valence-electron chi connectivity index (χ3n) is 10.2. The Morgan fingerprint density at radius 3 is 2.15 bits per heavy atom. The molecule has 2 aromatic heterocycles. The maximum absolute atomic E-state index is 6.49. The van der Waals surface area contributed by atoms with E-state index in [0.717, 1.165) is 33.1 Å². The largest absolute Gasteiger partial charge is 0.456 e. The topological polar surface area (TPSA) is 37.5 Å². The lowest BCUT2D eigenvalue weighted by Gasteiger charge is -2.16. The molecule has 2 heterocycles. The summed E-state index contributed by atoms with van der Waals surface area (Å²) in [5.74, 6) is 0. The molecule has 0 fully saturated rings.